The van der Waals surface area contributed by atoms with Gasteiger partial charge < -0.3 is 5.32 Å². The molecule has 4 nitrogen and oxygen atoms in total. The van der Waals surface area contributed by atoms with Crippen molar-refractivity contribution in [1.29, 1.82) is 0 Å². The lowest BCUT2D eigenvalue weighted by Gasteiger charge is -2.09. The summed E-state index contributed by atoms with van der Waals surface area (Å²) in [5, 5.41) is 8.88. The molecule has 0 aliphatic rings. The molecule has 1 N–H and O–H groups in total. The predicted molar refractivity (Wildman–Crippen MR) is 107 cm³/mol. The first-order valence-corrected chi connectivity index (χ1v) is 9.03. The van der Waals surface area contributed by atoms with Crippen molar-refractivity contribution in [3.63, 3.8) is 0 Å². The topological polar surface area (TPSA) is 46.9 Å². The minimum atomic E-state index is -0.305. The number of halogens is 3. The Bertz CT molecular complexity index is 982. The minimum absolute atomic E-state index is 0.302. The van der Waals surface area contributed by atoms with Crippen LogP contribution >= 0.6 is 34.8 Å². The Morgan fingerprint density at radius 1 is 1.08 bits per heavy atom. The summed E-state index contributed by atoms with van der Waals surface area (Å²) in [5.41, 5.74) is 3.63. The maximum Gasteiger partial charge on any atom is 0.257 e. The third-order valence-corrected chi connectivity index (χ3v) is 4.80. The lowest BCUT2D eigenvalue weighted by atomic mass is 10.2. The lowest BCUT2D eigenvalue weighted by Crippen LogP contribution is -2.14. The molecule has 0 radical (unpaired) electrons. The first-order valence-electron chi connectivity index (χ1n) is 7.90. The highest BCUT2D eigenvalue weighted by atomic mass is 35.5. The molecular weight excluding hydrogens is 393 g/mol. The van der Waals surface area contributed by atoms with E-state index >= 15 is 0 Å². The second-order valence-corrected chi connectivity index (χ2v) is 7.19. The number of carbonyl (C=O) groups excluding carboxylic acids is 1. The van der Waals surface area contributed by atoms with Crippen molar-refractivity contribution in [1.82, 2.24) is 9.78 Å². The fourth-order valence-corrected chi connectivity index (χ4v) is 3.40. The molecule has 0 saturated carbocycles. The van der Waals surface area contributed by atoms with E-state index in [0.717, 1.165) is 17.0 Å². The smallest absolute Gasteiger partial charge is 0.257 e. The second-order valence-electron chi connectivity index (χ2n) is 5.91. The molecule has 134 valence electrons. The number of anilines is 1. The number of rotatable bonds is 4. The van der Waals surface area contributed by atoms with Gasteiger partial charge in [-0.3, -0.25) is 9.48 Å². The molecule has 7 heteroatoms. The molecule has 1 amide bonds. The van der Waals surface area contributed by atoms with Gasteiger partial charge in [0.15, 0.2) is 0 Å². The average molecular weight is 409 g/mol. The number of amides is 1. The number of hydrogen-bond acceptors (Lipinski definition) is 2. The van der Waals surface area contributed by atoms with Crippen LogP contribution in [0.3, 0.4) is 0 Å². The fourth-order valence-electron chi connectivity index (χ4n) is 2.69. The van der Waals surface area contributed by atoms with Crippen LogP contribution in [0.4, 0.5) is 5.69 Å². The number of carbonyl (C=O) groups is 1. The molecule has 0 fully saturated rings. The Labute approximate surface area is 166 Å². The van der Waals surface area contributed by atoms with Crippen molar-refractivity contribution in [3.05, 3.63) is 80.0 Å². The molecule has 3 aromatic rings. The Kier molecular flexibility index (Phi) is 5.56. The molecule has 3 rings (SSSR count). The molecule has 26 heavy (non-hydrogen) atoms. The molecule has 0 spiro atoms. The fraction of sp³-hybridized carbons (Fsp3) is 0.158. The van der Waals surface area contributed by atoms with E-state index in [2.05, 4.69) is 10.4 Å². The summed E-state index contributed by atoms with van der Waals surface area (Å²) < 4.78 is 1.83. The maximum absolute atomic E-state index is 12.6. The lowest BCUT2D eigenvalue weighted by molar-refractivity contribution is 0.102. The third-order valence-electron chi connectivity index (χ3n) is 4.02. The molecule has 0 atom stereocenters. The molecule has 0 aliphatic carbocycles. The van der Waals surface area contributed by atoms with Crippen LogP contribution in [0.2, 0.25) is 15.1 Å². The monoisotopic (exact) mass is 407 g/mol. The maximum atomic E-state index is 12.6. The number of nitrogens with one attached hydrogen (secondary N) is 1. The van der Waals surface area contributed by atoms with Gasteiger partial charge >= 0.3 is 0 Å². The van der Waals surface area contributed by atoms with Crippen LogP contribution in [0.5, 0.6) is 0 Å². The molecule has 1 heterocycles. The summed E-state index contributed by atoms with van der Waals surface area (Å²) in [5.74, 6) is -0.305. The number of nitrogens with zero attached hydrogens (tertiary/aromatic N) is 2. The Balaban J connectivity index is 1.85. The third kappa shape index (κ3) is 4.04. The van der Waals surface area contributed by atoms with Crippen molar-refractivity contribution >= 4 is 46.4 Å². The van der Waals surface area contributed by atoms with Crippen LogP contribution in [0.25, 0.3) is 0 Å². The molecule has 2 aromatic carbocycles. The van der Waals surface area contributed by atoms with Crippen molar-refractivity contribution in [2.24, 2.45) is 0 Å². The van der Waals surface area contributed by atoms with Crippen LogP contribution < -0.4 is 5.32 Å². The van der Waals surface area contributed by atoms with Crippen LogP contribution in [-0.2, 0) is 6.54 Å². The van der Waals surface area contributed by atoms with Crippen LogP contribution in [0, 0.1) is 13.8 Å². The van der Waals surface area contributed by atoms with E-state index in [0.29, 0.717) is 32.9 Å². The molecule has 0 unspecified atom stereocenters. The van der Waals surface area contributed by atoms with Gasteiger partial charge in [0.05, 0.1) is 34.2 Å². The molecular formula is C19H16Cl3N3O. The zero-order chi connectivity index (χ0) is 18.8. The molecule has 0 aliphatic heterocycles. The van der Waals surface area contributed by atoms with Crippen LogP contribution in [0.15, 0.2) is 42.5 Å². The average Bonchev–Trinajstić information content (AvgIpc) is 2.82. The quantitative estimate of drug-likeness (QED) is 0.596. The minimum Gasteiger partial charge on any atom is -0.319 e. The van der Waals surface area contributed by atoms with Gasteiger partial charge in [0.2, 0.25) is 0 Å². The highest BCUT2D eigenvalue weighted by Gasteiger charge is 2.17. The van der Waals surface area contributed by atoms with E-state index < -0.39 is 0 Å². The molecule has 1 aromatic heterocycles. The number of aromatic nitrogens is 2. The van der Waals surface area contributed by atoms with Crippen LogP contribution in [0.1, 0.15) is 27.3 Å². The zero-order valence-corrected chi connectivity index (χ0v) is 16.5. The van der Waals surface area contributed by atoms with E-state index in [9.17, 15) is 4.79 Å². The summed E-state index contributed by atoms with van der Waals surface area (Å²) in [6.45, 7) is 4.31. The number of benzene rings is 2. The summed E-state index contributed by atoms with van der Waals surface area (Å²) >= 11 is 18.0. The summed E-state index contributed by atoms with van der Waals surface area (Å²) in [6.07, 6.45) is 0. The standard InChI is InChI=1S/C19H16Cl3N3O/c1-11-18(23-19(26)16-7-6-15(21)9-17(16)22)12(2)25(24-11)10-13-4-3-5-14(20)8-13/h3-9H,10H2,1-2H3,(H,23,26). The Morgan fingerprint density at radius 2 is 1.81 bits per heavy atom. The molecule has 0 saturated heterocycles. The Hall–Kier alpha value is -2.01. The summed E-state index contributed by atoms with van der Waals surface area (Å²) in [4.78, 5) is 12.6. The van der Waals surface area contributed by atoms with Gasteiger partial charge in [-0.1, -0.05) is 46.9 Å². The first-order chi connectivity index (χ1) is 12.3. The van der Waals surface area contributed by atoms with Gasteiger partial charge in [-0.2, -0.15) is 5.10 Å². The van der Waals surface area contributed by atoms with Gasteiger partial charge in [0.25, 0.3) is 5.91 Å². The Morgan fingerprint density at radius 3 is 2.50 bits per heavy atom. The van der Waals surface area contributed by atoms with Gasteiger partial charge in [-0.15, -0.1) is 0 Å². The predicted octanol–water partition coefficient (Wildman–Crippen LogP) is 5.76. The normalized spacial score (nSPS) is 10.8. The van der Waals surface area contributed by atoms with Gasteiger partial charge in [0.1, 0.15) is 0 Å². The van der Waals surface area contributed by atoms with E-state index in [1.54, 1.807) is 18.2 Å². The van der Waals surface area contributed by atoms with Gasteiger partial charge in [-0.05, 0) is 49.7 Å². The largest absolute Gasteiger partial charge is 0.319 e. The van der Waals surface area contributed by atoms with Gasteiger partial charge in [0, 0.05) is 10.0 Å². The van der Waals surface area contributed by atoms with E-state index in [1.807, 2.05) is 42.8 Å². The summed E-state index contributed by atoms with van der Waals surface area (Å²) in [6, 6.07) is 12.4. The molecule has 0 bridgehead atoms. The number of hydrogen-bond donors (Lipinski definition) is 1. The van der Waals surface area contributed by atoms with E-state index in [-0.39, 0.29) is 5.91 Å². The van der Waals surface area contributed by atoms with E-state index in [1.165, 1.54) is 0 Å². The van der Waals surface area contributed by atoms with E-state index in [4.69, 9.17) is 34.8 Å². The van der Waals surface area contributed by atoms with Crippen molar-refractivity contribution in [3.8, 4) is 0 Å². The van der Waals surface area contributed by atoms with Crippen LogP contribution in [-0.4, -0.2) is 15.7 Å². The SMILES string of the molecule is Cc1nn(Cc2cccc(Cl)c2)c(C)c1NC(=O)c1ccc(Cl)cc1Cl. The second kappa shape index (κ2) is 7.70. The highest BCUT2D eigenvalue weighted by molar-refractivity contribution is 6.37. The summed E-state index contributed by atoms with van der Waals surface area (Å²) in [7, 11) is 0. The number of aryl methyl sites for hydroxylation is 1. The van der Waals surface area contributed by atoms with Crippen molar-refractivity contribution in [2.45, 2.75) is 20.4 Å². The van der Waals surface area contributed by atoms with Crippen molar-refractivity contribution in [2.75, 3.05) is 5.32 Å². The zero-order valence-electron chi connectivity index (χ0n) is 14.2. The highest BCUT2D eigenvalue weighted by Crippen LogP contribution is 2.25. The van der Waals surface area contributed by atoms with Crippen molar-refractivity contribution < 1.29 is 4.79 Å². The van der Waals surface area contributed by atoms with Gasteiger partial charge in [-0.25, -0.2) is 0 Å². The first kappa shape index (κ1) is 18.8.